The Kier molecular flexibility index (Phi) is 4.20. The number of carbonyl (C=O) groups excluding carboxylic acids is 2. The van der Waals surface area contributed by atoms with E-state index in [1.807, 2.05) is 18.2 Å². The Balaban J connectivity index is 1.42. The smallest absolute Gasteiger partial charge is 0.228 e. The number of ether oxygens (including phenoxy) is 2. The van der Waals surface area contributed by atoms with Crippen molar-refractivity contribution in [3.05, 3.63) is 53.8 Å². The maximum Gasteiger partial charge on any atom is 0.228 e. The lowest BCUT2D eigenvalue weighted by Gasteiger charge is -2.28. The van der Waals surface area contributed by atoms with E-state index in [-0.39, 0.29) is 30.9 Å². The molecule has 7 heteroatoms. The highest BCUT2D eigenvalue weighted by atomic mass is 19.1. The first kappa shape index (κ1) is 16.4. The van der Waals surface area contributed by atoms with Gasteiger partial charge >= 0.3 is 0 Å². The number of amides is 2. The molecule has 134 valence electrons. The van der Waals surface area contributed by atoms with Gasteiger partial charge in [-0.3, -0.25) is 9.59 Å². The fourth-order valence-electron chi connectivity index (χ4n) is 3.17. The minimum Gasteiger partial charge on any atom is -0.486 e. The minimum absolute atomic E-state index is 0.0231. The number of rotatable bonds is 3. The van der Waals surface area contributed by atoms with Crippen LogP contribution in [0.1, 0.15) is 17.9 Å². The fraction of sp³-hybridized carbons (Fsp3) is 0.263. The molecule has 0 aromatic heterocycles. The van der Waals surface area contributed by atoms with Gasteiger partial charge in [0.25, 0.3) is 0 Å². The Bertz CT molecular complexity index is 870. The summed E-state index contributed by atoms with van der Waals surface area (Å²) in [6, 6.07) is 11.4. The summed E-state index contributed by atoms with van der Waals surface area (Å²) >= 11 is 0. The van der Waals surface area contributed by atoms with Gasteiger partial charge in [0, 0.05) is 12.1 Å². The summed E-state index contributed by atoms with van der Waals surface area (Å²) in [6.07, 6.45) is -0.297. The lowest BCUT2D eigenvalue weighted by molar-refractivity contribution is -0.126. The Morgan fingerprint density at radius 2 is 2.04 bits per heavy atom. The van der Waals surface area contributed by atoms with E-state index < -0.39 is 11.7 Å². The lowest BCUT2D eigenvalue weighted by atomic mass is 9.89. The van der Waals surface area contributed by atoms with Gasteiger partial charge in [-0.05, 0) is 29.8 Å². The highest BCUT2D eigenvalue weighted by Crippen LogP contribution is 2.33. The van der Waals surface area contributed by atoms with E-state index in [1.54, 1.807) is 6.07 Å². The molecule has 0 fully saturated rings. The van der Waals surface area contributed by atoms with Gasteiger partial charge in [0.1, 0.15) is 18.5 Å². The second kappa shape index (κ2) is 6.67. The first-order valence-electron chi connectivity index (χ1n) is 8.35. The Labute approximate surface area is 149 Å². The van der Waals surface area contributed by atoms with Crippen LogP contribution in [0.3, 0.4) is 0 Å². The zero-order valence-electron chi connectivity index (χ0n) is 13.8. The van der Waals surface area contributed by atoms with Crippen LogP contribution in [-0.4, -0.2) is 31.1 Å². The minimum atomic E-state index is -0.656. The number of hydrogen-bond acceptors (Lipinski definition) is 4. The van der Waals surface area contributed by atoms with Crippen molar-refractivity contribution >= 4 is 17.5 Å². The van der Waals surface area contributed by atoms with Crippen LogP contribution < -0.4 is 20.1 Å². The SMILES string of the molecule is O=C1C[C@@H](C(=O)NC[C@@H]2COc3ccccc3O2)c2ccc(F)cc2N1. The largest absolute Gasteiger partial charge is 0.486 e. The van der Waals surface area contributed by atoms with Gasteiger partial charge in [-0.1, -0.05) is 18.2 Å². The van der Waals surface area contributed by atoms with Crippen LogP contribution in [0.2, 0.25) is 0 Å². The van der Waals surface area contributed by atoms with Crippen LogP contribution >= 0.6 is 0 Å². The molecule has 2 atom stereocenters. The van der Waals surface area contributed by atoms with Gasteiger partial charge < -0.3 is 20.1 Å². The molecule has 4 rings (SSSR count). The summed E-state index contributed by atoms with van der Waals surface area (Å²) in [7, 11) is 0. The number of halogens is 1. The number of benzene rings is 2. The van der Waals surface area contributed by atoms with Crippen LogP contribution in [0.5, 0.6) is 11.5 Å². The number of carbonyl (C=O) groups is 2. The molecule has 0 bridgehead atoms. The van der Waals surface area contributed by atoms with Crippen LogP contribution in [0.4, 0.5) is 10.1 Å². The molecule has 2 heterocycles. The molecule has 0 radical (unpaired) electrons. The molecule has 6 nitrogen and oxygen atoms in total. The van der Waals surface area contributed by atoms with Crippen LogP contribution in [-0.2, 0) is 9.59 Å². The van der Waals surface area contributed by atoms with E-state index in [1.165, 1.54) is 18.2 Å². The molecule has 2 aliphatic heterocycles. The summed E-state index contributed by atoms with van der Waals surface area (Å²) in [5, 5.41) is 5.41. The Morgan fingerprint density at radius 3 is 2.88 bits per heavy atom. The van der Waals surface area contributed by atoms with Crippen molar-refractivity contribution in [2.45, 2.75) is 18.4 Å². The number of anilines is 1. The molecule has 2 aromatic rings. The lowest BCUT2D eigenvalue weighted by Crippen LogP contribution is -2.43. The van der Waals surface area contributed by atoms with Crippen molar-refractivity contribution in [1.29, 1.82) is 0 Å². The predicted octanol–water partition coefficient (Wildman–Crippen LogP) is 2.21. The molecule has 2 N–H and O–H groups in total. The van der Waals surface area contributed by atoms with Crippen LogP contribution in [0.15, 0.2) is 42.5 Å². The fourth-order valence-corrected chi connectivity index (χ4v) is 3.17. The van der Waals surface area contributed by atoms with Crippen molar-refractivity contribution < 1.29 is 23.5 Å². The monoisotopic (exact) mass is 356 g/mol. The van der Waals surface area contributed by atoms with Gasteiger partial charge in [0.2, 0.25) is 11.8 Å². The second-order valence-electron chi connectivity index (χ2n) is 6.28. The maximum absolute atomic E-state index is 13.4. The molecular weight excluding hydrogens is 339 g/mol. The van der Waals surface area contributed by atoms with E-state index in [2.05, 4.69) is 10.6 Å². The molecule has 0 saturated heterocycles. The van der Waals surface area contributed by atoms with Crippen molar-refractivity contribution in [3.8, 4) is 11.5 Å². The number of hydrogen-bond donors (Lipinski definition) is 2. The second-order valence-corrected chi connectivity index (χ2v) is 6.28. The third kappa shape index (κ3) is 3.20. The molecule has 0 unspecified atom stereocenters. The normalized spacial score (nSPS) is 20.7. The number of para-hydroxylation sites is 2. The third-order valence-electron chi connectivity index (χ3n) is 4.44. The average Bonchev–Trinajstić information content (AvgIpc) is 2.65. The summed E-state index contributed by atoms with van der Waals surface area (Å²) in [6.45, 7) is 0.575. The van der Waals surface area contributed by atoms with Crippen LogP contribution in [0.25, 0.3) is 0 Å². The standard InChI is InChI=1S/C19H17FN2O4/c20-11-5-6-13-14(8-18(23)22-15(13)7-11)19(24)21-9-12-10-25-16-3-1-2-4-17(16)26-12/h1-7,12,14H,8-10H2,(H,21,24)(H,22,23)/t12-,14-/m1/s1. The van der Waals surface area contributed by atoms with E-state index >= 15 is 0 Å². The molecule has 26 heavy (non-hydrogen) atoms. The molecule has 2 aromatic carbocycles. The van der Waals surface area contributed by atoms with Gasteiger partial charge in [-0.2, -0.15) is 0 Å². The van der Waals surface area contributed by atoms with E-state index in [9.17, 15) is 14.0 Å². The van der Waals surface area contributed by atoms with E-state index in [0.29, 0.717) is 29.4 Å². The van der Waals surface area contributed by atoms with E-state index in [4.69, 9.17) is 9.47 Å². The topological polar surface area (TPSA) is 76.7 Å². The molecule has 2 amide bonds. The Hall–Kier alpha value is -3.09. The third-order valence-corrected chi connectivity index (χ3v) is 4.44. The highest BCUT2D eigenvalue weighted by Gasteiger charge is 2.31. The summed E-state index contributed by atoms with van der Waals surface area (Å²) in [5.41, 5.74) is 0.947. The van der Waals surface area contributed by atoms with Gasteiger partial charge in [0.15, 0.2) is 11.5 Å². The van der Waals surface area contributed by atoms with Gasteiger partial charge in [0.05, 0.1) is 12.5 Å². The average molecular weight is 356 g/mol. The van der Waals surface area contributed by atoms with E-state index in [0.717, 1.165) is 0 Å². The number of fused-ring (bicyclic) bond motifs is 2. The molecule has 2 aliphatic rings. The van der Waals surface area contributed by atoms with Crippen LogP contribution in [0, 0.1) is 5.82 Å². The van der Waals surface area contributed by atoms with Crippen molar-refractivity contribution in [2.75, 3.05) is 18.5 Å². The summed E-state index contributed by atoms with van der Waals surface area (Å²) < 4.78 is 24.8. The first-order chi connectivity index (χ1) is 12.6. The first-order valence-corrected chi connectivity index (χ1v) is 8.35. The predicted molar refractivity (Wildman–Crippen MR) is 91.8 cm³/mol. The maximum atomic E-state index is 13.4. The van der Waals surface area contributed by atoms with Gasteiger partial charge in [-0.25, -0.2) is 4.39 Å². The van der Waals surface area contributed by atoms with Crippen molar-refractivity contribution in [1.82, 2.24) is 5.32 Å². The number of nitrogens with one attached hydrogen (secondary N) is 2. The quantitative estimate of drug-likeness (QED) is 0.884. The van der Waals surface area contributed by atoms with Gasteiger partial charge in [-0.15, -0.1) is 0 Å². The molecule has 0 saturated carbocycles. The zero-order valence-corrected chi connectivity index (χ0v) is 13.8. The molecule has 0 aliphatic carbocycles. The van der Waals surface area contributed by atoms with Crippen molar-refractivity contribution in [3.63, 3.8) is 0 Å². The highest BCUT2D eigenvalue weighted by molar-refractivity contribution is 6.01. The molecular formula is C19H17FN2O4. The summed E-state index contributed by atoms with van der Waals surface area (Å²) in [4.78, 5) is 24.4. The van der Waals surface area contributed by atoms with Crippen molar-refractivity contribution in [2.24, 2.45) is 0 Å². The Morgan fingerprint density at radius 1 is 1.23 bits per heavy atom. The summed E-state index contributed by atoms with van der Waals surface area (Å²) in [5.74, 6) is -0.414. The molecule has 0 spiro atoms. The zero-order chi connectivity index (χ0) is 18.1.